The summed E-state index contributed by atoms with van der Waals surface area (Å²) in [6.45, 7) is 4.23. The van der Waals surface area contributed by atoms with Gasteiger partial charge in [-0.2, -0.15) is 0 Å². The van der Waals surface area contributed by atoms with Gasteiger partial charge in [0.2, 0.25) is 0 Å². The highest BCUT2D eigenvalue weighted by Crippen LogP contribution is 2.13. The van der Waals surface area contributed by atoms with Crippen molar-refractivity contribution < 1.29 is 4.39 Å². The van der Waals surface area contributed by atoms with E-state index in [0.29, 0.717) is 5.92 Å². The van der Waals surface area contributed by atoms with Gasteiger partial charge < -0.3 is 5.73 Å². The first-order valence-corrected chi connectivity index (χ1v) is 5.13. The topological polar surface area (TPSA) is 26.0 Å². The standard InChI is InChI=1S/C12H18FN/c1-3-12(14)9(2)8-10-4-6-11(13)7-5-10/h4-7,9,12H,3,8,14H2,1-2H3. The summed E-state index contributed by atoms with van der Waals surface area (Å²) in [6.07, 6.45) is 1.91. The molecule has 0 heterocycles. The van der Waals surface area contributed by atoms with Crippen LogP contribution in [0.25, 0.3) is 0 Å². The van der Waals surface area contributed by atoms with Gasteiger partial charge in [0.1, 0.15) is 5.82 Å². The van der Waals surface area contributed by atoms with E-state index in [1.807, 2.05) is 12.1 Å². The maximum absolute atomic E-state index is 12.6. The van der Waals surface area contributed by atoms with Crippen molar-refractivity contribution in [2.45, 2.75) is 32.7 Å². The Morgan fingerprint density at radius 2 is 1.86 bits per heavy atom. The van der Waals surface area contributed by atoms with Gasteiger partial charge in [-0.1, -0.05) is 26.0 Å². The van der Waals surface area contributed by atoms with E-state index in [1.54, 1.807) is 0 Å². The largest absolute Gasteiger partial charge is 0.327 e. The van der Waals surface area contributed by atoms with E-state index < -0.39 is 0 Å². The minimum atomic E-state index is -0.179. The minimum Gasteiger partial charge on any atom is -0.327 e. The van der Waals surface area contributed by atoms with Crippen LogP contribution in [0.15, 0.2) is 24.3 Å². The van der Waals surface area contributed by atoms with Crippen molar-refractivity contribution in [3.63, 3.8) is 0 Å². The Kier molecular flexibility index (Phi) is 4.08. The number of benzene rings is 1. The average molecular weight is 195 g/mol. The third-order valence-corrected chi connectivity index (χ3v) is 2.67. The van der Waals surface area contributed by atoms with Gasteiger partial charge in [0.05, 0.1) is 0 Å². The zero-order valence-corrected chi connectivity index (χ0v) is 8.83. The molecule has 1 aromatic rings. The Morgan fingerprint density at radius 3 is 2.36 bits per heavy atom. The van der Waals surface area contributed by atoms with Crippen molar-refractivity contribution >= 4 is 0 Å². The van der Waals surface area contributed by atoms with E-state index in [1.165, 1.54) is 12.1 Å². The number of hydrogen-bond donors (Lipinski definition) is 1. The van der Waals surface area contributed by atoms with Crippen LogP contribution in [0.2, 0.25) is 0 Å². The highest BCUT2D eigenvalue weighted by Gasteiger charge is 2.10. The molecular formula is C12H18FN. The molecule has 0 amide bonds. The lowest BCUT2D eigenvalue weighted by Gasteiger charge is -2.18. The highest BCUT2D eigenvalue weighted by molar-refractivity contribution is 5.16. The Morgan fingerprint density at radius 1 is 1.29 bits per heavy atom. The van der Waals surface area contributed by atoms with Crippen LogP contribution in [0.4, 0.5) is 4.39 Å². The number of halogens is 1. The van der Waals surface area contributed by atoms with Gasteiger partial charge >= 0.3 is 0 Å². The fraction of sp³-hybridized carbons (Fsp3) is 0.500. The fourth-order valence-corrected chi connectivity index (χ4v) is 1.55. The average Bonchev–Trinajstić information content (AvgIpc) is 2.20. The summed E-state index contributed by atoms with van der Waals surface area (Å²) in [5.41, 5.74) is 7.08. The summed E-state index contributed by atoms with van der Waals surface area (Å²) in [7, 11) is 0. The Labute approximate surface area is 85.1 Å². The lowest BCUT2D eigenvalue weighted by molar-refractivity contribution is 0.442. The molecule has 0 saturated carbocycles. The Balaban J connectivity index is 2.56. The van der Waals surface area contributed by atoms with Gasteiger partial charge in [-0.25, -0.2) is 4.39 Å². The highest BCUT2D eigenvalue weighted by atomic mass is 19.1. The molecule has 2 unspecified atom stereocenters. The number of hydrogen-bond acceptors (Lipinski definition) is 1. The molecule has 1 aromatic carbocycles. The van der Waals surface area contributed by atoms with E-state index in [4.69, 9.17) is 5.73 Å². The van der Waals surface area contributed by atoms with Crippen LogP contribution in [0.5, 0.6) is 0 Å². The minimum absolute atomic E-state index is 0.179. The van der Waals surface area contributed by atoms with Gasteiger partial charge in [-0.15, -0.1) is 0 Å². The predicted octanol–water partition coefficient (Wildman–Crippen LogP) is 2.74. The van der Waals surface area contributed by atoms with Crippen molar-refractivity contribution in [3.8, 4) is 0 Å². The second-order valence-electron chi connectivity index (χ2n) is 3.88. The van der Waals surface area contributed by atoms with E-state index in [2.05, 4.69) is 13.8 Å². The molecule has 2 atom stereocenters. The molecule has 14 heavy (non-hydrogen) atoms. The third-order valence-electron chi connectivity index (χ3n) is 2.67. The second kappa shape index (κ2) is 5.11. The van der Waals surface area contributed by atoms with Crippen molar-refractivity contribution in [2.24, 2.45) is 11.7 Å². The molecule has 1 nitrogen and oxygen atoms in total. The van der Waals surface area contributed by atoms with E-state index in [-0.39, 0.29) is 11.9 Å². The fourth-order valence-electron chi connectivity index (χ4n) is 1.55. The zero-order valence-electron chi connectivity index (χ0n) is 8.83. The number of nitrogens with two attached hydrogens (primary N) is 1. The van der Waals surface area contributed by atoms with Crippen molar-refractivity contribution in [2.75, 3.05) is 0 Å². The SMILES string of the molecule is CCC(N)C(C)Cc1ccc(F)cc1. The summed E-state index contributed by atoms with van der Waals surface area (Å²) >= 11 is 0. The Bertz CT molecular complexity index is 268. The van der Waals surface area contributed by atoms with Crippen molar-refractivity contribution in [1.29, 1.82) is 0 Å². The molecule has 0 aromatic heterocycles. The zero-order chi connectivity index (χ0) is 10.6. The molecule has 0 bridgehead atoms. The van der Waals surface area contributed by atoms with Gasteiger partial charge in [-0.05, 0) is 36.5 Å². The maximum atomic E-state index is 12.6. The predicted molar refractivity (Wildman–Crippen MR) is 57.5 cm³/mol. The number of rotatable bonds is 4. The van der Waals surface area contributed by atoms with Crippen molar-refractivity contribution in [1.82, 2.24) is 0 Å². The van der Waals surface area contributed by atoms with E-state index >= 15 is 0 Å². The van der Waals surface area contributed by atoms with Crippen LogP contribution in [-0.4, -0.2) is 6.04 Å². The molecular weight excluding hydrogens is 177 g/mol. The summed E-state index contributed by atoms with van der Waals surface area (Å²) in [5, 5.41) is 0. The first kappa shape index (κ1) is 11.2. The van der Waals surface area contributed by atoms with Gasteiger partial charge in [0.25, 0.3) is 0 Å². The first-order valence-electron chi connectivity index (χ1n) is 5.13. The molecule has 2 heteroatoms. The van der Waals surface area contributed by atoms with Crippen molar-refractivity contribution in [3.05, 3.63) is 35.6 Å². The van der Waals surface area contributed by atoms with E-state index in [0.717, 1.165) is 18.4 Å². The monoisotopic (exact) mass is 195 g/mol. The quantitative estimate of drug-likeness (QED) is 0.785. The summed E-state index contributed by atoms with van der Waals surface area (Å²) in [6, 6.07) is 6.89. The lowest BCUT2D eigenvalue weighted by atomic mass is 9.93. The normalized spacial score (nSPS) is 15.1. The smallest absolute Gasteiger partial charge is 0.123 e. The molecule has 0 aliphatic heterocycles. The molecule has 0 aliphatic carbocycles. The molecule has 1 rings (SSSR count). The maximum Gasteiger partial charge on any atom is 0.123 e. The third kappa shape index (κ3) is 3.11. The molecule has 0 fully saturated rings. The van der Waals surface area contributed by atoms with Gasteiger partial charge in [-0.3, -0.25) is 0 Å². The second-order valence-corrected chi connectivity index (χ2v) is 3.88. The molecule has 2 N–H and O–H groups in total. The molecule has 78 valence electrons. The summed E-state index contributed by atoms with van der Waals surface area (Å²) < 4.78 is 12.6. The molecule has 0 spiro atoms. The van der Waals surface area contributed by atoms with Crippen LogP contribution in [0, 0.1) is 11.7 Å². The van der Waals surface area contributed by atoms with Crippen LogP contribution >= 0.6 is 0 Å². The van der Waals surface area contributed by atoms with Crippen LogP contribution in [-0.2, 0) is 6.42 Å². The van der Waals surface area contributed by atoms with Gasteiger partial charge in [0, 0.05) is 6.04 Å². The lowest BCUT2D eigenvalue weighted by Crippen LogP contribution is -2.28. The first-order chi connectivity index (χ1) is 6.63. The van der Waals surface area contributed by atoms with Crippen LogP contribution < -0.4 is 5.73 Å². The van der Waals surface area contributed by atoms with Crippen LogP contribution in [0.3, 0.4) is 0 Å². The van der Waals surface area contributed by atoms with E-state index in [9.17, 15) is 4.39 Å². The van der Waals surface area contributed by atoms with Crippen LogP contribution in [0.1, 0.15) is 25.8 Å². The molecule has 0 aliphatic rings. The molecule has 0 saturated heterocycles. The summed E-state index contributed by atoms with van der Waals surface area (Å²) in [4.78, 5) is 0. The molecule has 0 radical (unpaired) electrons. The van der Waals surface area contributed by atoms with Gasteiger partial charge in [0.15, 0.2) is 0 Å². The Hall–Kier alpha value is -0.890. The summed E-state index contributed by atoms with van der Waals surface area (Å²) in [5.74, 6) is 0.270.